The smallest absolute Gasteiger partial charge is 0.229 e. The number of hydrogen-bond donors (Lipinski definition) is 3. The summed E-state index contributed by atoms with van der Waals surface area (Å²) >= 11 is 0. The minimum atomic E-state index is -0.903. The Labute approximate surface area is 205 Å². The first-order valence-corrected chi connectivity index (χ1v) is 12.0. The summed E-state index contributed by atoms with van der Waals surface area (Å²) < 4.78 is 0. The monoisotopic (exact) mass is 470 g/mol. The van der Waals surface area contributed by atoms with Crippen LogP contribution in [-0.2, 0) is 12.0 Å². The topological polar surface area (TPSA) is 113 Å². The van der Waals surface area contributed by atoms with Crippen molar-refractivity contribution < 1.29 is 5.11 Å². The van der Waals surface area contributed by atoms with Crippen LogP contribution in [0.25, 0.3) is 0 Å². The zero-order chi connectivity index (χ0) is 24.4. The lowest BCUT2D eigenvalue weighted by Gasteiger charge is -2.34. The third-order valence-corrected chi connectivity index (χ3v) is 6.96. The van der Waals surface area contributed by atoms with Gasteiger partial charge < -0.3 is 25.5 Å². The Kier molecular flexibility index (Phi) is 6.24. The molecule has 1 aliphatic heterocycles. The number of anilines is 5. The molecule has 180 valence electrons. The number of nitriles is 1. The Hall–Kier alpha value is -3.74. The van der Waals surface area contributed by atoms with E-state index in [2.05, 4.69) is 60.6 Å². The molecule has 35 heavy (non-hydrogen) atoms. The Morgan fingerprint density at radius 2 is 1.83 bits per heavy atom. The number of pyridine rings is 1. The minimum absolute atomic E-state index is 0.314. The molecule has 2 aliphatic rings. The van der Waals surface area contributed by atoms with E-state index in [1.54, 1.807) is 0 Å². The summed E-state index contributed by atoms with van der Waals surface area (Å²) in [4.78, 5) is 18.2. The molecule has 1 unspecified atom stereocenters. The van der Waals surface area contributed by atoms with Gasteiger partial charge in [-0.15, -0.1) is 0 Å². The van der Waals surface area contributed by atoms with Gasteiger partial charge in [0.2, 0.25) is 5.95 Å². The molecule has 1 atom stereocenters. The van der Waals surface area contributed by atoms with Crippen LogP contribution in [0.15, 0.2) is 42.6 Å². The molecule has 1 aromatic carbocycles. The van der Waals surface area contributed by atoms with Crippen LogP contribution in [0.5, 0.6) is 0 Å². The number of fused-ring (bicyclic) bond motifs is 1. The summed E-state index contributed by atoms with van der Waals surface area (Å²) in [5.74, 6) is 1.28. The van der Waals surface area contributed by atoms with Crippen LogP contribution in [0.3, 0.4) is 0 Å². The normalized spacial score (nSPS) is 19.8. The van der Waals surface area contributed by atoms with E-state index in [1.807, 2.05) is 31.2 Å². The van der Waals surface area contributed by atoms with E-state index >= 15 is 0 Å². The predicted molar refractivity (Wildman–Crippen MR) is 136 cm³/mol. The summed E-state index contributed by atoms with van der Waals surface area (Å²) in [6.45, 7) is 6.12. The van der Waals surface area contributed by atoms with Gasteiger partial charge in [-0.05, 0) is 62.2 Å². The third-order valence-electron chi connectivity index (χ3n) is 6.96. The van der Waals surface area contributed by atoms with Gasteiger partial charge in [0, 0.05) is 37.6 Å². The molecule has 3 N–H and O–H groups in total. The lowest BCUT2D eigenvalue weighted by atomic mass is 9.98. The second kappa shape index (κ2) is 9.49. The summed E-state index contributed by atoms with van der Waals surface area (Å²) in [7, 11) is 2.15. The third kappa shape index (κ3) is 4.76. The number of aryl methyl sites for hydroxylation is 1. The maximum Gasteiger partial charge on any atom is 0.229 e. The average Bonchev–Trinajstić information content (AvgIpc) is 3.22. The summed E-state index contributed by atoms with van der Waals surface area (Å²) in [5, 5.41) is 26.8. The van der Waals surface area contributed by atoms with Crippen LogP contribution in [-0.4, -0.2) is 58.2 Å². The average molecular weight is 471 g/mol. The maximum atomic E-state index is 10.9. The highest BCUT2D eigenvalue weighted by molar-refractivity contribution is 5.64. The molecule has 2 aromatic heterocycles. The molecular weight excluding hydrogens is 440 g/mol. The molecule has 1 saturated heterocycles. The highest BCUT2D eigenvalue weighted by Crippen LogP contribution is 2.38. The Bertz CT molecular complexity index is 1250. The van der Waals surface area contributed by atoms with Gasteiger partial charge in [0.15, 0.2) is 5.82 Å². The highest BCUT2D eigenvalue weighted by atomic mass is 16.3. The molecule has 1 fully saturated rings. The number of aromatic nitrogens is 3. The predicted octanol–water partition coefficient (Wildman–Crippen LogP) is 3.53. The van der Waals surface area contributed by atoms with Gasteiger partial charge in [-0.1, -0.05) is 13.0 Å². The highest BCUT2D eigenvalue weighted by Gasteiger charge is 2.36. The fourth-order valence-electron chi connectivity index (χ4n) is 4.66. The maximum absolute atomic E-state index is 10.9. The SMILES string of the molecule is CCC1(O)CCc2ccc(Nc3nc(Nc4ccc(N5CCN(C)CC5)cc4)ncc3C#N)nc21. The molecule has 0 bridgehead atoms. The van der Waals surface area contributed by atoms with Gasteiger partial charge in [-0.3, -0.25) is 0 Å². The zero-order valence-corrected chi connectivity index (χ0v) is 20.1. The lowest BCUT2D eigenvalue weighted by Crippen LogP contribution is -2.44. The summed E-state index contributed by atoms with van der Waals surface area (Å²) in [6, 6.07) is 14.2. The Morgan fingerprint density at radius 1 is 1.06 bits per heavy atom. The van der Waals surface area contributed by atoms with Crippen LogP contribution < -0.4 is 15.5 Å². The quantitative estimate of drug-likeness (QED) is 0.498. The van der Waals surface area contributed by atoms with E-state index in [-0.39, 0.29) is 0 Å². The number of nitrogens with zero attached hydrogens (tertiary/aromatic N) is 6. The van der Waals surface area contributed by atoms with E-state index in [1.165, 1.54) is 11.9 Å². The molecular formula is C26H30N8O. The fourth-order valence-corrected chi connectivity index (χ4v) is 4.66. The molecule has 0 spiro atoms. The first-order chi connectivity index (χ1) is 17.0. The molecule has 9 nitrogen and oxygen atoms in total. The number of nitrogens with one attached hydrogen (secondary N) is 2. The van der Waals surface area contributed by atoms with Gasteiger partial charge >= 0.3 is 0 Å². The Morgan fingerprint density at radius 3 is 2.54 bits per heavy atom. The Balaban J connectivity index is 1.33. The van der Waals surface area contributed by atoms with E-state index in [0.717, 1.165) is 43.9 Å². The van der Waals surface area contributed by atoms with Crippen molar-refractivity contribution in [2.24, 2.45) is 0 Å². The molecule has 1 aliphatic carbocycles. The minimum Gasteiger partial charge on any atom is -0.384 e. The number of aliphatic hydroxyl groups is 1. The van der Waals surface area contributed by atoms with Crippen molar-refractivity contribution in [3.63, 3.8) is 0 Å². The number of hydrogen-bond acceptors (Lipinski definition) is 9. The van der Waals surface area contributed by atoms with E-state index < -0.39 is 5.60 Å². The van der Waals surface area contributed by atoms with Crippen molar-refractivity contribution in [3.05, 3.63) is 59.4 Å². The first kappa shape index (κ1) is 23.0. The first-order valence-electron chi connectivity index (χ1n) is 12.0. The number of piperazine rings is 1. The second-order valence-corrected chi connectivity index (χ2v) is 9.24. The zero-order valence-electron chi connectivity index (χ0n) is 20.1. The van der Waals surface area contributed by atoms with Crippen molar-refractivity contribution in [2.45, 2.75) is 31.8 Å². The molecule has 0 saturated carbocycles. The van der Waals surface area contributed by atoms with Gasteiger partial charge in [0.05, 0.1) is 11.9 Å². The van der Waals surface area contributed by atoms with E-state index in [4.69, 9.17) is 0 Å². The lowest BCUT2D eigenvalue weighted by molar-refractivity contribution is 0.0307. The molecule has 3 aromatic rings. The van der Waals surface area contributed by atoms with Crippen LogP contribution >= 0.6 is 0 Å². The van der Waals surface area contributed by atoms with Gasteiger partial charge in [-0.2, -0.15) is 10.2 Å². The van der Waals surface area contributed by atoms with E-state index in [0.29, 0.717) is 41.7 Å². The number of likely N-dealkylation sites (N-methyl/N-ethyl adjacent to an activating group) is 1. The van der Waals surface area contributed by atoms with Crippen molar-refractivity contribution >= 4 is 29.0 Å². The van der Waals surface area contributed by atoms with Crippen molar-refractivity contribution in [3.8, 4) is 6.07 Å². The molecule has 3 heterocycles. The number of benzene rings is 1. The van der Waals surface area contributed by atoms with Crippen molar-refractivity contribution in [2.75, 3.05) is 48.8 Å². The van der Waals surface area contributed by atoms with Crippen LogP contribution in [0, 0.1) is 11.3 Å². The van der Waals surface area contributed by atoms with Gasteiger partial charge in [0.1, 0.15) is 23.1 Å². The number of rotatable bonds is 6. The largest absolute Gasteiger partial charge is 0.384 e. The fraction of sp³-hybridized carbons (Fsp3) is 0.385. The summed E-state index contributed by atoms with van der Waals surface area (Å²) in [6.07, 6.45) is 3.58. The van der Waals surface area contributed by atoms with Gasteiger partial charge in [0.25, 0.3) is 0 Å². The van der Waals surface area contributed by atoms with Crippen molar-refractivity contribution in [1.82, 2.24) is 19.9 Å². The molecule has 0 amide bonds. The van der Waals surface area contributed by atoms with E-state index in [9.17, 15) is 10.4 Å². The second-order valence-electron chi connectivity index (χ2n) is 9.24. The molecule has 5 rings (SSSR count). The van der Waals surface area contributed by atoms with Crippen molar-refractivity contribution in [1.29, 1.82) is 5.26 Å². The van der Waals surface area contributed by atoms with Crippen LogP contribution in [0.2, 0.25) is 0 Å². The van der Waals surface area contributed by atoms with Crippen LogP contribution in [0.1, 0.15) is 36.6 Å². The molecule has 0 radical (unpaired) electrons. The van der Waals surface area contributed by atoms with Crippen LogP contribution in [0.4, 0.5) is 29.0 Å². The summed E-state index contributed by atoms with van der Waals surface area (Å²) in [5.41, 5.74) is 3.24. The standard InChI is InChI=1S/C26H30N8O/c1-3-26(35)11-10-18-4-9-22(30-23(18)26)31-24-19(16-27)17-28-25(32-24)29-20-5-7-21(8-6-20)34-14-12-33(2)13-15-34/h4-9,17,35H,3,10-15H2,1-2H3,(H2,28,29,30,31,32). The molecule has 9 heteroatoms. The van der Waals surface area contributed by atoms with Gasteiger partial charge in [-0.25, -0.2) is 9.97 Å².